The van der Waals surface area contributed by atoms with Crippen molar-refractivity contribution in [3.8, 4) is 0 Å². The van der Waals surface area contributed by atoms with E-state index < -0.39 is 0 Å². The van der Waals surface area contributed by atoms with Crippen molar-refractivity contribution in [3.05, 3.63) is 69.7 Å². The molecule has 112 valence electrons. The Labute approximate surface area is 137 Å². The number of hydrogen-bond acceptors (Lipinski definition) is 1. The lowest BCUT2D eigenvalue weighted by atomic mass is 9.87. The van der Waals surface area contributed by atoms with Crippen molar-refractivity contribution in [1.29, 1.82) is 0 Å². The van der Waals surface area contributed by atoms with Crippen molar-refractivity contribution in [1.82, 2.24) is 4.90 Å². The van der Waals surface area contributed by atoms with Gasteiger partial charge in [0.1, 0.15) is 0 Å². The first-order chi connectivity index (χ1) is 10.1. The largest absolute Gasteiger partial charge is 0.309 e. The molecule has 0 spiro atoms. The van der Waals surface area contributed by atoms with Gasteiger partial charge in [-0.1, -0.05) is 47.5 Å². The van der Waals surface area contributed by atoms with Gasteiger partial charge in [0.25, 0.3) is 0 Å². The first-order valence-electron chi connectivity index (χ1n) is 7.22. The van der Waals surface area contributed by atoms with E-state index in [1.54, 1.807) is 0 Å². The SMILES string of the molecule is CN(C)CCCC(c1ccc(Cl)cc1)c1ccc(Cl)cc1. The van der Waals surface area contributed by atoms with E-state index in [1.807, 2.05) is 24.3 Å². The zero-order chi connectivity index (χ0) is 15.2. The van der Waals surface area contributed by atoms with E-state index in [0.29, 0.717) is 5.92 Å². The topological polar surface area (TPSA) is 3.24 Å². The van der Waals surface area contributed by atoms with Crippen LogP contribution in [0.2, 0.25) is 10.0 Å². The highest BCUT2D eigenvalue weighted by molar-refractivity contribution is 6.30. The third-order valence-electron chi connectivity index (χ3n) is 3.64. The average Bonchev–Trinajstić information content (AvgIpc) is 2.46. The van der Waals surface area contributed by atoms with E-state index in [4.69, 9.17) is 23.2 Å². The summed E-state index contributed by atoms with van der Waals surface area (Å²) in [4.78, 5) is 2.22. The molecule has 0 bridgehead atoms. The number of nitrogens with zero attached hydrogens (tertiary/aromatic N) is 1. The van der Waals surface area contributed by atoms with E-state index in [9.17, 15) is 0 Å². The fraction of sp³-hybridized carbons (Fsp3) is 0.333. The van der Waals surface area contributed by atoms with Crippen LogP contribution in [-0.2, 0) is 0 Å². The summed E-state index contributed by atoms with van der Waals surface area (Å²) in [5.41, 5.74) is 2.61. The van der Waals surface area contributed by atoms with Crippen LogP contribution in [0.5, 0.6) is 0 Å². The molecular weight excluding hydrogens is 301 g/mol. The molecule has 1 nitrogen and oxygen atoms in total. The molecule has 2 aromatic rings. The summed E-state index contributed by atoms with van der Waals surface area (Å²) in [5.74, 6) is 0.388. The average molecular weight is 322 g/mol. The molecule has 0 unspecified atom stereocenters. The monoisotopic (exact) mass is 321 g/mol. The van der Waals surface area contributed by atoms with Gasteiger partial charge in [-0.25, -0.2) is 0 Å². The van der Waals surface area contributed by atoms with Crippen molar-refractivity contribution >= 4 is 23.2 Å². The Morgan fingerprint density at radius 2 is 1.24 bits per heavy atom. The zero-order valence-electron chi connectivity index (χ0n) is 12.5. The molecule has 0 aliphatic heterocycles. The van der Waals surface area contributed by atoms with Gasteiger partial charge in [-0.05, 0) is 68.9 Å². The summed E-state index contributed by atoms with van der Waals surface area (Å²) >= 11 is 12.0. The number of halogens is 2. The molecule has 0 aliphatic carbocycles. The molecule has 0 saturated heterocycles. The van der Waals surface area contributed by atoms with Gasteiger partial charge in [-0.2, -0.15) is 0 Å². The molecule has 0 fully saturated rings. The van der Waals surface area contributed by atoms with Crippen molar-refractivity contribution in [2.45, 2.75) is 18.8 Å². The molecule has 0 aliphatic rings. The predicted octanol–water partition coefficient (Wildman–Crippen LogP) is 5.47. The zero-order valence-corrected chi connectivity index (χ0v) is 14.0. The molecule has 0 saturated carbocycles. The van der Waals surface area contributed by atoms with Crippen molar-refractivity contribution in [2.24, 2.45) is 0 Å². The van der Waals surface area contributed by atoms with E-state index >= 15 is 0 Å². The maximum atomic E-state index is 6.00. The highest BCUT2D eigenvalue weighted by atomic mass is 35.5. The first-order valence-corrected chi connectivity index (χ1v) is 7.97. The normalized spacial score (nSPS) is 11.3. The third-order valence-corrected chi connectivity index (χ3v) is 4.15. The second-order valence-corrected chi connectivity index (χ2v) is 6.47. The Morgan fingerprint density at radius 3 is 1.62 bits per heavy atom. The summed E-state index contributed by atoms with van der Waals surface area (Å²) in [7, 11) is 4.22. The van der Waals surface area contributed by atoms with E-state index in [1.165, 1.54) is 11.1 Å². The molecule has 0 heterocycles. The van der Waals surface area contributed by atoms with E-state index in [2.05, 4.69) is 43.3 Å². The van der Waals surface area contributed by atoms with Gasteiger partial charge < -0.3 is 4.90 Å². The molecule has 0 atom stereocenters. The standard InChI is InChI=1S/C18H21Cl2N/c1-21(2)13-3-4-18(14-5-9-16(19)10-6-14)15-7-11-17(20)12-8-15/h5-12,18H,3-4,13H2,1-2H3. The summed E-state index contributed by atoms with van der Waals surface area (Å²) in [6, 6.07) is 16.3. The number of hydrogen-bond donors (Lipinski definition) is 0. The lowest BCUT2D eigenvalue weighted by molar-refractivity contribution is 0.390. The van der Waals surface area contributed by atoms with Gasteiger partial charge in [-0.15, -0.1) is 0 Å². The minimum Gasteiger partial charge on any atom is -0.309 e. The molecule has 0 N–H and O–H groups in total. The molecule has 3 heteroatoms. The van der Waals surface area contributed by atoms with Crippen LogP contribution in [0.4, 0.5) is 0 Å². The van der Waals surface area contributed by atoms with Crippen molar-refractivity contribution in [2.75, 3.05) is 20.6 Å². The maximum absolute atomic E-state index is 6.00. The number of rotatable bonds is 6. The van der Waals surface area contributed by atoms with Gasteiger partial charge in [0.15, 0.2) is 0 Å². The highest BCUT2D eigenvalue weighted by Gasteiger charge is 2.14. The highest BCUT2D eigenvalue weighted by Crippen LogP contribution is 2.30. The fourth-order valence-corrected chi connectivity index (χ4v) is 2.78. The van der Waals surface area contributed by atoms with Gasteiger partial charge in [-0.3, -0.25) is 0 Å². The van der Waals surface area contributed by atoms with Crippen molar-refractivity contribution < 1.29 is 0 Å². The van der Waals surface area contributed by atoms with Crippen LogP contribution < -0.4 is 0 Å². The summed E-state index contributed by atoms with van der Waals surface area (Å²) < 4.78 is 0. The fourth-order valence-electron chi connectivity index (χ4n) is 2.53. The van der Waals surface area contributed by atoms with E-state index in [0.717, 1.165) is 29.4 Å². The lowest BCUT2D eigenvalue weighted by Crippen LogP contribution is -2.14. The second kappa shape index (κ2) is 7.84. The Morgan fingerprint density at radius 1 is 0.810 bits per heavy atom. The van der Waals surface area contributed by atoms with Gasteiger partial charge in [0.05, 0.1) is 0 Å². The van der Waals surface area contributed by atoms with Crippen LogP contribution in [0, 0.1) is 0 Å². The molecule has 2 aromatic carbocycles. The third kappa shape index (κ3) is 5.03. The smallest absolute Gasteiger partial charge is 0.0406 e. The Bertz CT molecular complexity index is 501. The van der Waals surface area contributed by atoms with E-state index in [-0.39, 0.29) is 0 Å². The van der Waals surface area contributed by atoms with Crippen LogP contribution in [-0.4, -0.2) is 25.5 Å². The summed E-state index contributed by atoms with van der Waals surface area (Å²) in [6.07, 6.45) is 2.27. The van der Waals surface area contributed by atoms with Crippen LogP contribution in [0.1, 0.15) is 29.9 Å². The maximum Gasteiger partial charge on any atom is 0.0406 e. The summed E-state index contributed by atoms with van der Waals surface area (Å²) in [6.45, 7) is 1.09. The lowest BCUT2D eigenvalue weighted by Gasteiger charge is -2.19. The Kier molecular flexibility index (Phi) is 6.10. The molecule has 2 rings (SSSR count). The molecule has 21 heavy (non-hydrogen) atoms. The van der Waals surface area contributed by atoms with Gasteiger partial charge in [0.2, 0.25) is 0 Å². The molecule has 0 aromatic heterocycles. The second-order valence-electron chi connectivity index (χ2n) is 5.60. The van der Waals surface area contributed by atoms with Gasteiger partial charge >= 0.3 is 0 Å². The predicted molar refractivity (Wildman–Crippen MR) is 92.5 cm³/mol. The summed E-state index contributed by atoms with van der Waals surface area (Å²) in [5, 5.41) is 1.56. The Balaban J connectivity index is 2.21. The van der Waals surface area contributed by atoms with Crippen molar-refractivity contribution in [3.63, 3.8) is 0 Å². The molecular formula is C18H21Cl2N. The van der Waals surface area contributed by atoms with Gasteiger partial charge in [0, 0.05) is 16.0 Å². The van der Waals surface area contributed by atoms with Crippen LogP contribution in [0.15, 0.2) is 48.5 Å². The first kappa shape index (κ1) is 16.4. The minimum absolute atomic E-state index is 0.388. The molecule has 0 radical (unpaired) electrons. The van der Waals surface area contributed by atoms with Crippen LogP contribution in [0.3, 0.4) is 0 Å². The van der Waals surface area contributed by atoms with Crippen LogP contribution in [0.25, 0.3) is 0 Å². The Hall–Kier alpha value is -1.02. The molecule has 0 amide bonds. The van der Waals surface area contributed by atoms with Crippen LogP contribution >= 0.6 is 23.2 Å². The minimum atomic E-state index is 0.388. The number of benzene rings is 2. The quantitative estimate of drug-likeness (QED) is 0.682.